The van der Waals surface area contributed by atoms with Crippen molar-refractivity contribution in [1.82, 2.24) is 30.4 Å². The monoisotopic (exact) mass is 1640 g/mol. The van der Waals surface area contributed by atoms with Crippen LogP contribution in [0.1, 0.15) is 162 Å². The lowest BCUT2D eigenvalue weighted by molar-refractivity contribution is -0.132. The average molecular weight is 1640 g/mol. The molecular formula is C88H86N6O22S2. The van der Waals surface area contributed by atoms with Gasteiger partial charge in [0.15, 0.2) is 22.3 Å². The molecule has 0 unspecified atom stereocenters. The van der Waals surface area contributed by atoms with E-state index in [1.807, 2.05) is 119 Å². The number of Topliss-reactive ketones (excluding diaryl/α,β-unsaturated/α-hetero) is 8. The smallest absolute Gasteiger partial charge is 0.222 e. The van der Waals surface area contributed by atoms with Gasteiger partial charge < -0.3 is 46.8 Å². The molecule has 118 heavy (non-hydrogen) atoms. The van der Waals surface area contributed by atoms with Gasteiger partial charge in [-0.25, -0.2) is 16.8 Å². The zero-order valence-electron chi connectivity index (χ0n) is 65.1. The molecule has 8 aromatic carbocycles. The molecule has 12 aromatic rings. The summed E-state index contributed by atoms with van der Waals surface area (Å²) in [5.41, 5.74) is 4.86. The lowest BCUT2D eigenvalue weighted by Gasteiger charge is -2.18. The van der Waals surface area contributed by atoms with Crippen LogP contribution in [-0.4, -0.2) is 182 Å². The molecule has 0 bridgehead atoms. The van der Waals surface area contributed by atoms with Crippen LogP contribution >= 0.6 is 0 Å². The zero-order valence-corrected chi connectivity index (χ0v) is 66.8. The molecule has 2 amide bonds. The van der Waals surface area contributed by atoms with Crippen LogP contribution in [0.2, 0.25) is 0 Å². The van der Waals surface area contributed by atoms with Gasteiger partial charge >= 0.3 is 0 Å². The Balaban J connectivity index is 0.000000123. The number of likely N-dealkylation sites (tertiary alicyclic amines) is 2. The van der Waals surface area contributed by atoms with E-state index in [4.69, 9.17) is 37.0 Å². The van der Waals surface area contributed by atoms with Crippen LogP contribution in [0.25, 0.3) is 87.0 Å². The van der Waals surface area contributed by atoms with E-state index in [0.717, 1.165) is 102 Å². The Labute approximate surface area is 676 Å². The number of ether oxygens (including phenoxy) is 4. The van der Waals surface area contributed by atoms with Crippen LogP contribution in [0.4, 0.5) is 0 Å². The van der Waals surface area contributed by atoms with Crippen LogP contribution in [-0.2, 0) is 67.6 Å². The first-order valence-electron chi connectivity index (χ1n) is 39.7. The fraction of sp³-hybridized carbons (Fsp3) is 0.386. The predicted molar refractivity (Wildman–Crippen MR) is 435 cm³/mol. The van der Waals surface area contributed by atoms with Crippen molar-refractivity contribution in [1.29, 1.82) is 0 Å². The molecule has 6 heterocycles. The quantitative estimate of drug-likeness (QED) is 0.0449. The number of hydrogen-bond acceptors (Lipinski definition) is 26. The van der Waals surface area contributed by atoms with E-state index >= 15 is 0 Å². The van der Waals surface area contributed by atoms with E-state index in [1.54, 1.807) is 12.1 Å². The Morgan fingerprint density at radius 3 is 0.847 bits per heavy atom. The Bertz CT molecular complexity index is 5880. The number of amides is 2. The molecule has 6 aliphatic rings. The SMILES string of the molecule is CS(=O)(=O)CCCOc1ccc2c(ccc3onc([C@@H]4CCC(=O)CC4=O)c32)c1.CS(=O)(=O)CCCOc1ccc2c(ccc3onc([C@H]4CCC(=O)CC4=O)c32)c1.O=C1CC[C@@H](c2noc3ccc4cc(OCCN5CCCC5=O)ccc4c23)C(=O)C1.O=C1CC[C@H](c2noc3ccc4cc(OCCN5CCCC5=O)ccc4c23)C(=O)C1. The minimum atomic E-state index is -3.00. The molecule has 4 aromatic heterocycles. The third-order valence-electron chi connectivity index (χ3n) is 22.5. The largest absolute Gasteiger partial charge is 0.494 e. The molecular weight excluding hydrogens is 1560 g/mol. The van der Waals surface area contributed by atoms with Crippen LogP contribution in [0.15, 0.2) is 139 Å². The van der Waals surface area contributed by atoms with Crippen LogP contribution in [0.5, 0.6) is 23.0 Å². The van der Waals surface area contributed by atoms with Crippen molar-refractivity contribution in [3.63, 3.8) is 0 Å². The summed E-state index contributed by atoms with van der Waals surface area (Å²) < 4.78 is 89.8. The van der Waals surface area contributed by atoms with Crippen molar-refractivity contribution in [3.05, 3.63) is 144 Å². The molecule has 0 spiro atoms. The minimum absolute atomic E-state index is 0.00803. The van der Waals surface area contributed by atoms with Gasteiger partial charge in [0.1, 0.15) is 125 Å². The van der Waals surface area contributed by atoms with Crippen molar-refractivity contribution in [3.8, 4) is 23.0 Å². The van der Waals surface area contributed by atoms with E-state index in [9.17, 15) is 64.8 Å². The van der Waals surface area contributed by atoms with Crippen molar-refractivity contribution >= 4 is 165 Å². The molecule has 6 fully saturated rings. The van der Waals surface area contributed by atoms with E-state index in [1.165, 1.54) is 12.5 Å². The minimum Gasteiger partial charge on any atom is -0.494 e. The number of hydrogen-bond donors (Lipinski definition) is 0. The third kappa shape index (κ3) is 18.6. The van der Waals surface area contributed by atoms with Crippen molar-refractivity contribution in [2.24, 2.45) is 0 Å². The van der Waals surface area contributed by atoms with Gasteiger partial charge in [0, 0.05) is 64.1 Å². The molecule has 4 atom stereocenters. The molecule has 30 heteroatoms. The lowest BCUT2D eigenvalue weighted by Crippen LogP contribution is -2.29. The molecule has 28 nitrogen and oxygen atoms in total. The van der Waals surface area contributed by atoms with E-state index in [0.29, 0.717) is 173 Å². The number of fused-ring (bicyclic) bond motifs is 12. The summed E-state index contributed by atoms with van der Waals surface area (Å²) in [5, 5.41) is 27.3. The maximum atomic E-state index is 12.4. The first kappa shape index (κ1) is 81.2. The number of sulfone groups is 2. The highest BCUT2D eigenvalue weighted by Gasteiger charge is 2.37. The second-order valence-corrected chi connectivity index (χ2v) is 35.5. The lowest BCUT2D eigenvalue weighted by atomic mass is 9.83. The number of aromatic nitrogens is 4. The molecule has 2 aliphatic heterocycles. The van der Waals surface area contributed by atoms with Crippen molar-refractivity contribution in [2.45, 2.75) is 139 Å². The van der Waals surface area contributed by atoms with Gasteiger partial charge in [-0.3, -0.25) is 47.9 Å². The molecule has 0 radical (unpaired) electrons. The average Bonchev–Trinajstić information content (AvgIpc) is 1.41. The summed E-state index contributed by atoms with van der Waals surface area (Å²) in [6.45, 7) is 4.31. The summed E-state index contributed by atoms with van der Waals surface area (Å²) in [5.74, 6) is 1.18. The van der Waals surface area contributed by atoms with Crippen LogP contribution < -0.4 is 18.9 Å². The molecule has 4 saturated carbocycles. The second-order valence-electron chi connectivity index (χ2n) is 31.0. The highest BCUT2D eigenvalue weighted by Crippen LogP contribution is 2.43. The zero-order chi connectivity index (χ0) is 82.5. The normalized spacial score (nSPS) is 18.9. The standard InChI is InChI=1S/2C23H22N2O5.2C21H21NO6S/c2*26-15-4-6-18(19(27)13-15)23-22-17-7-5-16(12-14(17)3-8-20(22)30-24-23)29-11-10-25-9-1-2-21(25)28;2*1-29(25,26)10-2-9-27-15-5-7-16-13(11-15)3-8-19-20(16)21(22-28-19)17-6-4-14(23)12-18(17)24/h2*3,5,7-8,12,18H,1-2,4,6,9-11,13H2;2*3,5,7-8,11,17H,2,4,6,9-10,12H2,1H3/t2*18-;2*17-/m1010/s1. The van der Waals surface area contributed by atoms with Crippen LogP contribution in [0.3, 0.4) is 0 Å². The maximum absolute atomic E-state index is 12.4. The number of ketones is 8. The molecule has 4 aliphatic carbocycles. The number of carbonyl (C=O) groups is 10. The summed E-state index contributed by atoms with van der Waals surface area (Å²) in [4.78, 5) is 123. The Morgan fingerprint density at radius 2 is 0.610 bits per heavy atom. The first-order chi connectivity index (χ1) is 56.8. The number of benzene rings is 8. The van der Waals surface area contributed by atoms with Gasteiger partial charge in [0.05, 0.1) is 109 Å². The predicted octanol–water partition coefficient (Wildman–Crippen LogP) is 13.2. The van der Waals surface area contributed by atoms with Gasteiger partial charge in [-0.1, -0.05) is 44.9 Å². The third-order valence-corrected chi connectivity index (χ3v) is 24.5. The van der Waals surface area contributed by atoms with E-state index < -0.39 is 43.3 Å². The highest BCUT2D eigenvalue weighted by molar-refractivity contribution is 7.90. The fourth-order valence-corrected chi connectivity index (χ4v) is 17.8. The van der Waals surface area contributed by atoms with Crippen LogP contribution in [0, 0.1) is 0 Å². The van der Waals surface area contributed by atoms with Gasteiger partial charge in [-0.15, -0.1) is 0 Å². The summed E-state index contributed by atoms with van der Waals surface area (Å²) >= 11 is 0. The number of rotatable bonds is 22. The van der Waals surface area contributed by atoms with E-state index in [-0.39, 0.29) is 95.3 Å². The Kier molecular flexibility index (Phi) is 24.2. The first-order valence-corrected chi connectivity index (χ1v) is 43.8. The van der Waals surface area contributed by atoms with Gasteiger partial charge in [0.2, 0.25) is 11.8 Å². The summed E-state index contributed by atoms with van der Waals surface area (Å²) in [6.07, 6.45) is 9.63. The molecule has 0 N–H and O–H groups in total. The van der Waals surface area contributed by atoms with Crippen molar-refractivity contribution < 1.29 is 102 Å². The maximum Gasteiger partial charge on any atom is 0.222 e. The second kappa shape index (κ2) is 35.1. The fourth-order valence-electron chi connectivity index (χ4n) is 16.5. The summed E-state index contributed by atoms with van der Waals surface area (Å²) in [7, 11) is -6.00. The molecule has 2 saturated heterocycles. The van der Waals surface area contributed by atoms with Crippen molar-refractivity contribution in [2.75, 3.05) is 76.6 Å². The molecule has 18 rings (SSSR count). The Morgan fingerprint density at radius 1 is 0.347 bits per heavy atom. The van der Waals surface area contributed by atoms with Gasteiger partial charge in [-0.2, -0.15) is 0 Å². The van der Waals surface area contributed by atoms with Gasteiger partial charge in [0.25, 0.3) is 0 Å². The Hall–Kier alpha value is -11.9. The van der Waals surface area contributed by atoms with Gasteiger partial charge in [-0.05, 0) is 192 Å². The summed E-state index contributed by atoms with van der Waals surface area (Å²) in [6, 6.07) is 37.7. The number of carbonyl (C=O) groups excluding carboxylic acids is 10. The highest BCUT2D eigenvalue weighted by atomic mass is 32.2. The van der Waals surface area contributed by atoms with E-state index in [2.05, 4.69) is 20.6 Å². The molecule has 612 valence electrons. The number of nitrogens with zero attached hydrogens (tertiary/aromatic N) is 6. The topological polar surface area (TPSA) is 386 Å².